The van der Waals surface area contributed by atoms with Crippen molar-refractivity contribution in [1.82, 2.24) is 0 Å². The first-order valence-corrected chi connectivity index (χ1v) is 8.27. The summed E-state index contributed by atoms with van der Waals surface area (Å²) in [6, 6.07) is 17.5. The van der Waals surface area contributed by atoms with E-state index in [-0.39, 0.29) is 31.0 Å². The van der Waals surface area contributed by atoms with E-state index >= 15 is 0 Å². The molecule has 25 heavy (non-hydrogen) atoms. The summed E-state index contributed by atoms with van der Waals surface area (Å²) in [5, 5.41) is 9.91. The quantitative estimate of drug-likeness (QED) is 0.819. The third kappa shape index (κ3) is 4.25. The van der Waals surface area contributed by atoms with Crippen LogP contribution < -0.4 is 0 Å². The van der Waals surface area contributed by atoms with Crippen LogP contribution in [0, 0.1) is 11.8 Å². The molecule has 130 valence electrons. The van der Waals surface area contributed by atoms with Crippen molar-refractivity contribution in [3.8, 4) is 0 Å². The zero-order valence-corrected chi connectivity index (χ0v) is 13.7. The van der Waals surface area contributed by atoms with E-state index in [0.29, 0.717) is 17.5 Å². The molecule has 0 aromatic heterocycles. The smallest absolute Gasteiger partial charge is 0.338 e. The third-order valence-electron chi connectivity index (χ3n) is 4.50. The number of aliphatic hydroxyl groups is 1. The summed E-state index contributed by atoms with van der Waals surface area (Å²) in [5.41, 5.74) is 0.970. The Morgan fingerprint density at radius 3 is 1.80 bits per heavy atom. The molecule has 1 saturated carbocycles. The second-order valence-electron chi connectivity index (χ2n) is 6.16. The average molecular weight is 340 g/mol. The van der Waals surface area contributed by atoms with E-state index in [1.54, 1.807) is 48.5 Å². The summed E-state index contributed by atoms with van der Waals surface area (Å²) in [4.78, 5) is 23.9. The van der Waals surface area contributed by atoms with Crippen molar-refractivity contribution in [2.24, 2.45) is 11.8 Å². The van der Waals surface area contributed by atoms with Crippen LogP contribution in [0.3, 0.4) is 0 Å². The van der Waals surface area contributed by atoms with Crippen molar-refractivity contribution in [3.63, 3.8) is 0 Å². The predicted octanol–water partition coefficient (Wildman–Crippen LogP) is 2.70. The number of esters is 2. The van der Waals surface area contributed by atoms with Crippen LogP contribution in [-0.4, -0.2) is 36.4 Å². The van der Waals surface area contributed by atoms with E-state index in [2.05, 4.69) is 0 Å². The fraction of sp³-hybridized carbons (Fsp3) is 0.300. The molecular weight excluding hydrogens is 320 g/mol. The highest BCUT2D eigenvalue weighted by Crippen LogP contribution is 2.35. The van der Waals surface area contributed by atoms with Gasteiger partial charge in [-0.1, -0.05) is 36.4 Å². The van der Waals surface area contributed by atoms with E-state index in [4.69, 9.17) is 9.47 Å². The van der Waals surface area contributed by atoms with Crippen LogP contribution in [0.4, 0.5) is 0 Å². The Morgan fingerprint density at radius 2 is 1.32 bits per heavy atom. The van der Waals surface area contributed by atoms with Gasteiger partial charge >= 0.3 is 11.9 Å². The molecule has 3 rings (SSSR count). The van der Waals surface area contributed by atoms with Crippen molar-refractivity contribution < 1.29 is 24.2 Å². The highest BCUT2D eigenvalue weighted by Gasteiger charge is 2.41. The van der Waals surface area contributed by atoms with Gasteiger partial charge in [0.1, 0.15) is 0 Å². The van der Waals surface area contributed by atoms with Crippen molar-refractivity contribution in [1.29, 1.82) is 0 Å². The third-order valence-corrected chi connectivity index (χ3v) is 4.50. The number of benzene rings is 2. The van der Waals surface area contributed by atoms with Gasteiger partial charge in [-0.05, 0) is 30.7 Å². The van der Waals surface area contributed by atoms with Crippen LogP contribution >= 0.6 is 0 Å². The van der Waals surface area contributed by atoms with Gasteiger partial charge in [0.25, 0.3) is 0 Å². The maximum atomic E-state index is 12.0. The molecule has 5 heteroatoms. The first-order chi connectivity index (χ1) is 12.1. The van der Waals surface area contributed by atoms with E-state index in [0.717, 1.165) is 0 Å². The van der Waals surface area contributed by atoms with E-state index < -0.39 is 12.1 Å². The van der Waals surface area contributed by atoms with Gasteiger partial charge in [-0.15, -0.1) is 0 Å². The van der Waals surface area contributed by atoms with E-state index in [1.807, 2.05) is 12.1 Å². The minimum absolute atomic E-state index is 0.00812. The Kier molecular flexibility index (Phi) is 5.46. The molecule has 2 aromatic rings. The lowest BCUT2D eigenvalue weighted by molar-refractivity contribution is -0.0852. The summed E-state index contributed by atoms with van der Waals surface area (Å²) in [5.74, 6) is -1.02. The van der Waals surface area contributed by atoms with Gasteiger partial charge in [0.05, 0.1) is 30.4 Å². The Morgan fingerprint density at radius 1 is 0.840 bits per heavy atom. The van der Waals surface area contributed by atoms with Crippen LogP contribution in [0.5, 0.6) is 0 Å². The Hall–Kier alpha value is -2.66. The molecule has 0 saturated heterocycles. The fourth-order valence-corrected chi connectivity index (χ4v) is 2.89. The predicted molar refractivity (Wildman–Crippen MR) is 91.1 cm³/mol. The summed E-state index contributed by atoms with van der Waals surface area (Å²) in [6.45, 7) is 0.320. The van der Waals surface area contributed by atoms with Gasteiger partial charge in [0, 0.05) is 11.8 Å². The molecule has 2 aromatic carbocycles. The molecule has 5 nitrogen and oxygen atoms in total. The molecule has 1 N–H and O–H groups in total. The summed E-state index contributed by atoms with van der Waals surface area (Å²) < 4.78 is 10.6. The molecule has 1 aliphatic rings. The van der Waals surface area contributed by atoms with Gasteiger partial charge < -0.3 is 14.6 Å². The minimum atomic E-state index is -0.538. The molecule has 1 fully saturated rings. The largest absolute Gasteiger partial charge is 0.462 e. The summed E-state index contributed by atoms with van der Waals surface area (Å²) >= 11 is 0. The lowest BCUT2D eigenvalue weighted by atomic mass is 9.72. The first kappa shape index (κ1) is 17.2. The minimum Gasteiger partial charge on any atom is -0.462 e. The van der Waals surface area contributed by atoms with Crippen molar-refractivity contribution >= 4 is 11.9 Å². The molecule has 0 aliphatic heterocycles. The molecule has 0 unspecified atom stereocenters. The van der Waals surface area contributed by atoms with Crippen molar-refractivity contribution in [3.05, 3.63) is 71.8 Å². The fourth-order valence-electron chi connectivity index (χ4n) is 2.89. The van der Waals surface area contributed by atoms with Crippen LogP contribution in [0.1, 0.15) is 27.1 Å². The molecule has 0 amide bonds. The van der Waals surface area contributed by atoms with E-state index in [9.17, 15) is 14.7 Å². The molecule has 0 radical (unpaired) electrons. The topological polar surface area (TPSA) is 72.8 Å². The molecule has 0 heterocycles. The maximum absolute atomic E-state index is 12.0. The second kappa shape index (κ2) is 7.94. The number of carbonyl (C=O) groups excluding carboxylic acids is 2. The molecular formula is C20H20O5. The maximum Gasteiger partial charge on any atom is 0.338 e. The van der Waals surface area contributed by atoms with Crippen LogP contribution in [0.2, 0.25) is 0 Å². The van der Waals surface area contributed by atoms with Gasteiger partial charge in [-0.2, -0.15) is 0 Å². The highest BCUT2D eigenvalue weighted by atomic mass is 16.5. The SMILES string of the molecule is O=C(OC[C@H]1C[C@H](O)[C@H]1COC(=O)c1ccccc1)c1ccccc1. The Balaban J connectivity index is 1.47. The van der Waals surface area contributed by atoms with Crippen molar-refractivity contribution in [2.45, 2.75) is 12.5 Å². The van der Waals surface area contributed by atoms with Crippen LogP contribution in [0.15, 0.2) is 60.7 Å². The summed E-state index contributed by atoms with van der Waals surface area (Å²) in [7, 11) is 0. The average Bonchev–Trinajstić information content (AvgIpc) is 2.66. The monoisotopic (exact) mass is 340 g/mol. The molecule has 0 spiro atoms. The van der Waals surface area contributed by atoms with Crippen LogP contribution in [-0.2, 0) is 9.47 Å². The van der Waals surface area contributed by atoms with E-state index in [1.165, 1.54) is 0 Å². The first-order valence-electron chi connectivity index (χ1n) is 8.27. The zero-order chi connectivity index (χ0) is 17.6. The number of rotatable bonds is 6. The van der Waals surface area contributed by atoms with Gasteiger partial charge in [0.15, 0.2) is 0 Å². The lowest BCUT2D eigenvalue weighted by Gasteiger charge is -2.40. The standard InChI is InChI=1S/C20H20O5/c21-18-11-16(12-24-19(22)14-7-3-1-4-8-14)17(18)13-25-20(23)15-9-5-2-6-10-15/h1-10,16-18,21H,11-13H2/t16-,17+,18+/m1/s1. The number of ether oxygens (including phenoxy) is 2. The number of carbonyl (C=O) groups is 2. The lowest BCUT2D eigenvalue weighted by Crippen LogP contribution is -2.46. The highest BCUT2D eigenvalue weighted by molar-refractivity contribution is 5.89. The summed E-state index contributed by atoms with van der Waals surface area (Å²) in [6.07, 6.45) is -0.000637. The number of hydrogen-bond acceptors (Lipinski definition) is 5. The van der Waals surface area contributed by atoms with Gasteiger partial charge in [-0.3, -0.25) is 0 Å². The van der Waals surface area contributed by atoms with Crippen molar-refractivity contribution in [2.75, 3.05) is 13.2 Å². The molecule has 3 atom stereocenters. The van der Waals surface area contributed by atoms with Gasteiger partial charge in [0.2, 0.25) is 0 Å². The Bertz CT molecular complexity index is 713. The molecule has 0 bridgehead atoms. The number of hydrogen-bond donors (Lipinski definition) is 1. The Labute approximate surface area is 146 Å². The van der Waals surface area contributed by atoms with Gasteiger partial charge in [-0.25, -0.2) is 9.59 Å². The van der Waals surface area contributed by atoms with Crippen LogP contribution in [0.25, 0.3) is 0 Å². The second-order valence-corrected chi connectivity index (χ2v) is 6.16. The zero-order valence-electron chi connectivity index (χ0n) is 13.7. The normalized spacial score (nSPS) is 21.9. The number of aliphatic hydroxyl groups excluding tert-OH is 1. The molecule has 1 aliphatic carbocycles.